The Hall–Kier alpha value is -1.24. The van der Waals surface area contributed by atoms with E-state index in [1.54, 1.807) is 7.11 Å². The van der Waals surface area contributed by atoms with E-state index < -0.39 is 7.12 Å². The predicted molar refractivity (Wildman–Crippen MR) is 64.6 cm³/mol. The summed E-state index contributed by atoms with van der Waals surface area (Å²) >= 11 is 0. The van der Waals surface area contributed by atoms with Gasteiger partial charge in [-0.25, -0.2) is 0 Å². The van der Waals surface area contributed by atoms with Crippen molar-refractivity contribution in [3.63, 3.8) is 0 Å². The summed E-state index contributed by atoms with van der Waals surface area (Å²) in [5, 5.41) is 18.6. The quantitative estimate of drug-likeness (QED) is 0.613. The highest BCUT2D eigenvalue weighted by atomic mass is 16.6. The number of fused-ring (bicyclic) bond motifs is 3. The number of benzene rings is 1. The van der Waals surface area contributed by atoms with Crippen molar-refractivity contribution < 1.29 is 24.3 Å². The molecule has 5 nitrogen and oxygen atoms in total. The number of ether oxygens (including phenoxy) is 2. The summed E-state index contributed by atoms with van der Waals surface area (Å²) in [7, 11) is 0.825. The molecule has 2 N–H and O–H groups in total. The van der Waals surface area contributed by atoms with Gasteiger partial charge in [0.15, 0.2) is 0 Å². The van der Waals surface area contributed by atoms with Gasteiger partial charge in [0.05, 0.1) is 19.3 Å². The number of aliphatic hydroxyl groups excluding tert-OH is 1. The van der Waals surface area contributed by atoms with Gasteiger partial charge in [0.1, 0.15) is 18.3 Å². The highest BCUT2D eigenvalue weighted by Crippen LogP contribution is 2.60. The standard InChI is InChI=1S/C12H15BO5/c1-16-11-3-2-7-8-4-10(8)13(15)18-12(7)9(11)5-17-6-14/h2-3,8,10,14-15H,4-6H2,1H3/t8-,10-/m0/s1. The van der Waals surface area contributed by atoms with Gasteiger partial charge < -0.3 is 24.3 Å². The fourth-order valence-electron chi connectivity index (χ4n) is 2.63. The monoisotopic (exact) mass is 250 g/mol. The average molecular weight is 250 g/mol. The maximum Gasteiger partial charge on any atom is 0.526 e. The molecular weight excluding hydrogens is 235 g/mol. The molecule has 2 atom stereocenters. The van der Waals surface area contributed by atoms with Gasteiger partial charge in [-0.3, -0.25) is 0 Å². The first-order valence-electron chi connectivity index (χ1n) is 5.99. The Labute approximate surface area is 105 Å². The molecule has 6 heteroatoms. The number of rotatable bonds is 4. The molecule has 0 aromatic heterocycles. The molecule has 1 aliphatic heterocycles. The van der Waals surface area contributed by atoms with Gasteiger partial charge in [-0.05, 0) is 24.0 Å². The Kier molecular flexibility index (Phi) is 2.93. The molecule has 96 valence electrons. The summed E-state index contributed by atoms with van der Waals surface area (Å²) in [6.07, 6.45) is 0.959. The molecule has 0 radical (unpaired) electrons. The molecule has 0 spiro atoms. The van der Waals surface area contributed by atoms with Crippen molar-refractivity contribution in [2.24, 2.45) is 0 Å². The van der Waals surface area contributed by atoms with Crippen LogP contribution in [0.1, 0.15) is 23.5 Å². The van der Waals surface area contributed by atoms with Crippen LogP contribution in [0, 0.1) is 0 Å². The normalized spacial score (nSPS) is 24.1. The lowest BCUT2D eigenvalue weighted by atomic mass is 9.77. The molecule has 3 rings (SSSR count). The van der Waals surface area contributed by atoms with E-state index in [0.717, 1.165) is 17.5 Å². The van der Waals surface area contributed by atoms with Gasteiger partial charge in [-0.2, -0.15) is 0 Å². The van der Waals surface area contributed by atoms with Crippen LogP contribution in [-0.4, -0.2) is 31.2 Å². The van der Waals surface area contributed by atoms with Crippen LogP contribution in [-0.2, 0) is 11.3 Å². The SMILES string of the molecule is COc1ccc2c(c1COCO)OB(O)[C@H]1C[C@@H]21. The van der Waals surface area contributed by atoms with Crippen molar-refractivity contribution in [2.75, 3.05) is 13.9 Å². The van der Waals surface area contributed by atoms with E-state index in [9.17, 15) is 5.02 Å². The Morgan fingerprint density at radius 3 is 3.06 bits per heavy atom. The van der Waals surface area contributed by atoms with Crippen molar-refractivity contribution in [3.8, 4) is 11.5 Å². The minimum atomic E-state index is -0.748. The minimum absolute atomic E-state index is 0.201. The summed E-state index contributed by atoms with van der Waals surface area (Å²) in [6.45, 7) is -0.158. The molecule has 18 heavy (non-hydrogen) atoms. The number of hydrogen-bond acceptors (Lipinski definition) is 5. The number of aliphatic hydroxyl groups is 1. The number of methoxy groups -OCH3 is 1. The topological polar surface area (TPSA) is 68.2 Å². The van der Waals surface area contributed by atoms with Gasteiger partial charge in [0.2, 0.25) is 0 Å². The summed E-state index contributed by atoms with van der Waals surface area (Å²) < 4.78 is 15.9. The van der Waals surface area contributed by atoms with Gasteiger partial charge in [0.25, 0.3) is 0 Å². The van der Waals surface area contributed by atoms with Crippen LogP contribution in [0.2, 0.25) is 5.82 Å². The molecule has 1 saturated carbocycles. The van der Waals surface area contributed by atoms with Crippen molar-refractivity contribution in [2.45, 2.75) is 24.8 Å². The van der Waals surface area contributed by atoms with E-state index >= 15 is 0 Å². The van der Waals surface area contributed by atoms with Crippen LogP contribution >= 0.6 is 0 Å². The van der Waals surface area contributed by atoms with E-state index in [-0.39, 0.29) is 19.2 Å². The summed E-state index contributed by atoms with van der Waals surface area (Å²) in [5.74, 6) is 1.89. The van der Waals surface area contributed by atoms with E-state index in [0.29, 0.717) is 17.4 Å². The molecule has 2 aliphatic rings. The third kappa shape index (κ3) is 1.77. The zero-order valence-electron chi connectivity index (χ0n) is 10.1. The van der Waals surface area contributed by atoms with Crippen LogP contribution in [0.25, 0.3) is 0 Å². The average Bonchev–Trinajstić information content (AvgIpc) is 3.17. The molecule has 1 aromatic rings. The highest BCUT2D eigenvalue weighted by molar-refractivity contribution is 6.48. The summed E-state index contributed by atoms with van der Waals surface area (Å²) in [5.41, 5.74) is 1.84. The first-order valence-corrected chi connectivity index (χ1v) is 5.99. The largest absolute Gasteiger partial charge is 0.535 e. The van der Waals surface area contributed by atoms with Crippen molar-refractivity contribution in [3.05, 3.63) is 23.3 Å². The zero-order chi connectivity index (χ0) is 12.7. The minimum Gasteiger partial charge on any atom is -0.535 e. The predicted octanol–water partition coefficient (Wildman–Crippen LogP) is 0.892. The fourth-order valence-corrected chi connectivity index (χ4v) is 2.63. The van der Waals surface area contributed by atoms with Crippen LogP contribution < -0.4 is 9.39 Å². The Morgan fingerprint density at radius 1 is 1.50 bits per heavy atom. The second kappa shape index (κ2) is 4.46. The number of hydrogen-bond donors (Lipinski definition) is 2. The van der Waals surface area contributed by atoms with Crippen LogP contribution in [0.15, 0.2) is 12.1 Å². The van der Waals surface area contributed by atoms with E-state index in [4.69, 9.17) is 19.2 Å². The van der Waals surface area contributed by atoms with Crippen molar-refractivity contribution in [1.29, 1.82) is 0 Å². The molecule has 1 aromatic carbocycles. The van der Waals surface area contributed by atoms with Gasteiger partial charge in [0, 0.05) is 5.82 Å². The van der Waals surface area contributed by atoms with E-state index in [1.165, 1.54) is 0 Å². The van der Waals surface area contributed by atoms with Gasteiger partial charge in [-0.15, -0.1) is 0 Å². The summed E-state index contributed by atoms with van der Waals surface area (Å²) in [4.78, 5) is 0. The highest BCUT2D eigenvalue weighted by Gasteiger charge is 2.54. The third-order valence-electron chi connectivity index (χ3n) is 3.65. The molecule has 0 amide bonds. The first kappa shape index (κ1) is 11.8. The second-order valence-corrected chi connectivity index (χ2v) is 4.66. The zero-order valence-corrected chi connectivity index (χ0v) is 10.1. The lowest BCUT2D eigenvalue weighted by Crippen LogP contribution is -2.27. The smallest absolute Gasteiger partial charge is 0.526 e. The van der Waals surface area contributed by atoms with E-state index in [2.05, 4.69) is 0 Å². The van der Waals surface area contributed by atoms with Gasteiger partial charge in [-0.1, -0.05) is 6.07 Å². The summed E-state index contributed by atoms with van der Waals surface area (Å²) in [6, 6.07) is 3.86. The molecule has 0 bridgehead atoms. The lowest BCUT2D eigenvalue weighted by Gasteiger charge is -2.23. The van der Waals surface area contributed by atoms with Crippen LogP contribution in [0.4, 0.5) is 0 Å². The van der Waals surface area contributed by atoms with Crippen molar-refractivity contribution in [1.82, 2.24) is 0 Å². The maximum atomic E-state index is 9.83. The molecular formula is C12H15BO5. The maximum absolute atomic E-state index is 9.83. The third-order valence-corrected chi connectivity index (χ3v) is 3.65. The molecule has 1 fully saturated rings. The Morgan fingerprint density at radius 2 is 2.33 bits per heavy atom. The van der Waals surface area contributed by atoms with Gasteiger partial charge >= 0.3 is 7.12 Å². The molecule has 1 aliphatic carbocycles. The Bertz CT molecular complexity index is 464. The molecule has 0 unspecified atom stereocenters. The van der Waals surface area contributed by atoms with Crippen LogP contribution in [0.3, 0.4) is 0 Å². The molecule has 0 saturated heterocycles. The Balaban J connectivity index is 2.01. The second-order valence-electron chi connectivity index (χ2n) is 4.66. The fraction of sp³-hybridized carbons (Fsp3) is 0.500. The van der Waals surface area contributed by atoms with Crippen molar-refractivity contribution >= 4 is 7.12 Å². The molecule has 1 heterocycles. The van der Waals surface area contributed by atoms with Crippen LogP contribution in [0.5, 0.6) is 11.5 Å². The first-order chi connectivity index (χ1) is 8.76. The lowest BCUT2D eigenvalue weighted by molar-refractivity contribution is -0.0123. The van der Waals surface area contributed by atoms with E-state index in [1.807, 2.05) is 12.1 Å².